The highest BCUT2D eigenvalue weighted by Crippen LogP contribution is 2.51. The molecule has 0 radical (unpaired) electrons. The van der Waals surface area contributed by atoms with Crippen molar-refractivity contribution in [2.75, 3.05) is 19.0 Å². The lowest BCUT2D eigenvalue weighted by Crippen LogP contribution is -2.27. The van der Waals surface area contributed by atoms with E-state index in [1.165, 1.54) is 50.6 Å². The largest absolute Gasteiger partial charge is 0.453 e. The molecule has 3 aromatic carbocycles. The Hall–Kier alpha value is -4.57. The van der Waals surface area contributed by atoms with Gasteiger partial charge in [0.15, 0.2) is 17.2 Å². The third-order valence-corrected chi connectivity index (χ3v) is 11.0. The summed E-state index contributed by atoms with van der Waals surface area (Å²) in [5, 5.41) is 0. The molecule has 0 amide bonds. The second-order valence-corrected chi connectivity index (χ2v) is 14.4. The molecule has 5 aliphatic rings. The van der Waals surface area contributed by atoms with E-state index in [-0.39, 0.29) is 10.8 Å². The Kier molecular flexibility index (Phi) is 6.58. The van der Waals surface area contributed by atoms with Gasteiger partial charge in [-0.1, -0.05) is 68.5 Å². The maximum absolute atomic E-state index is 6.86. The molecule has 4 heteroatoms. The first-order chi connectivity index (χ1) is 22.2. The minimum atomic E-state index is -0.0796. The highest BCUT2D eigenvalue weighted by Gasteiger charge is 2.43. The first-order valence-corrected chi connectivity index (χ1v) is 16.7. The highest BCUT2D eigenvalue weighted by atomic mass is 16.5. The molecule has 46 heavy (non-hydrogen) atoms. The Labute approximate surface area is 273 Å². The van der Waals surface area contributed by atoms with Crippen LogP contribution in [0.2, 0.25) is 0 Å². The molecule has 1 unspecified atom stereocenters. The minimum absolute atomic E-state index is 0.0796. The van der Waals surface area contributed by atoms with Crippen molar-refractivity contribution < 1.29 is 14.0 Å². The van der Waals surface area contributed by atoms with Crippen molar-refractivity contribution in [3.8, 4) is 11.5 Å². The normalized spacial score (nSPS) is 24.1. The van der Waals surface area contributed by atoms with Crippen LogP contribution in [-0.4, -0.2) is 24.4 Å². The van der Waals surface area contributed by atoms with Crippen molar-refractivity contribution in [1.29, 1.82) is 0 Å². The third-order valence-electron chi connectivity index (χ3n) is 11.0. The summed E-state index contributed by atoms with van der Waals surface area (Å²) < 4.78 is 16.1. The molecule has 3 aromatic rings. The SMILES string of the molecule is CN1/C(=C/C=C2\CCC3CCC(/C=C/C4=[N+](C)c5ccccc5C4(C)C)=C4Oc5ccccc5OC2=C43)C(C)(C)c2ccccc21. The van der Waals surface area contributed by atoms with E-state index in [1.807, 2.05) is 24.3 Å². The molecule has 8 rings (SSSR count). The second kappa shape index (κ2) is 10.5. The fourth-order valence-electron chi connectivity index (χ4n) is 8.50. The van der Waals surface area contributed by atoms with E-state index in [0.29, 0.717) is 5.92 Å². The quantitative estimate of drug-likeness (QED) is 0.277. The molecule has 0 bridgehead atoms. The van der Waals surface area contributed by atoms with Gasteiger partial charge in [-0.05, 0) is 92.5 Å². The van der Waals surface area contributed by atoms with Crippen molar-refractivity contribution in [3.63, 3.8) is 0 Å². The van der Waals surface area contributed by atoms with Crippen molar-refractivity contribution in [2.24, 2.45) is 5.92 Å². The van der Waals surface area contributed by atoms with E-state index in [1.54, 1.807) is 0 Å². The highest BCUT2D eigenvalue weighted by molar-refractivity contribution is 6.03. The number of allylic oxidation sites excluding steroid dienone is 8. The van der Waals surface area contributed by atoms with Crippen molar-refractivity contribution >= 4 is 17.1 Å². The lowest BCUT2D eigenvalue weighted by atomic mass is 9.74. The lowest BCUT2D eigenvalue weighted by molar-refractivity contribution is -0.401. The first kappa shape index (κ1) is 28.9. The zero-order valence-electron chi connectivity index (χ0n) is 27.9. The van der Waals surface area contributed by atoms with E-state index < -0.39 is 0 Å². The van der Waals surface area contributed by atoms with Gasteiger partial charge in [-0.3, -0.25) is 0 Å². The molecule has 0 aromatic heterocycles. The smallest absolute Gasteiger partial charge is 0.209 e. The molecule has 0 fully saturated rings. The number of benzene rings is 3. The summed E-state index contributed by atoms with van der Waals surface area (Å²) in [5.74, 6) is 3.93. The van der Waals surface area contributed by atoms with Gasteiger partial charge in [0.1, 0.15) is 18.6 Å². The zero-order valence-corrected chi connectivity index (χ0v) is 27.9. The summed E-state index contributed by atoms with van der Waals surface area (Å²) in [5.41, 5.74) is 11.4. The number of ether oxygens (including phenoxy) is 2. The molecule has 4 nitrogen and oxygen atoms in total. The summed E-state index contributed by atoms with van der Waals surface area (Å²) >= 11 is 0. The number of nitrogens with zero attached hydrogens (tertiary/aromatic N) is 2. The molecule has 0 spiro atoms. The monoisotopic (exact) mass is 607 g/mol. The van der Waals surface area contributed by atoms with Gasteiger partial charge in [0.2, 0.25) is 5.69 Å². The van der Waals surface area contributed by atoms with Crippen LogP contribution in [0.4, 0.5) is 11.4 Å². The number of rotatable bonds is 3. The molecule has 1 atom stereocenters. The summed E-state index contributed by atoms with van der Waals surface area (Å²) in [6, 6.07) is 25.6. The molecule has 2 aliphatic carbocycles. The van der Waals surface area contributed by atoms with Crippen molar-refractivity contribution in [2.45, 2.75) is 64.2 Å². The Balaban J connectivity index is 1.24. The molecule has 3 aliphatic heterocycles. The standard InChI is InChI=1S/C42H43N2O2/c1-41(2)30-13-7-9-15-32(30)43(5)36(41)25-23-28-21-19-27-20-22-29(40-38(27)39(28)45-34-17-11-12-18-35(34)46-40)24-26-37-42(3,4)31-14-8-10-16-33(31)44(37)6/h7-18,23-27H,19-22H2,1-6H3/q+1. The fraction of sp³-hybridized carbons (Fsp3) is 0.310. The minimum Gasteiger partial charge on any atom is -0.453 e. The van der Waals surface area contributed by atoms with E-state index in [9.17, 15) is 0 Å². The second-order valence-electron chi connectivity index (χ2n) is 14.4. The van der Waals surface area contributed by atoms with Gasteiger partial charge >= 0.3 is 0 Å². The van der Waals surface area contributed by atoms with Crippen molar-refractivity contribution in [1.82, 2.24) is 0 Å². The molecule has 0 saturated carbocycles. The summed E-state index contributed by atoms with van der Waals surface area (Å²) in [7, 11) is 4.37. The summed E-state index contributed by atoms with van der Waals surface area (Å²) in [6.45, 7) is 9.30. The predicted molar refractivity (Wildman–Crippen MR) is 187 cm³/mol. The summed E-state index contributed by atoms with van der Waals surface area (Å²) in [6.07, 6.45) is 13.4. The predicted octanol–water partition coefficient (Wildman–Crippen LogP) is 9.67. The average molecular weight is 608 g/mol. The molecular formula is C42H43N2O2+. The maximum atomic E-state index is 6.86. The van der Waals surface area contributed by atoms with Gasteiger partial charge in [-0.15, -0.1) is 0 Å². The number of likely N-dealkylation sites (N-methyl/N-ethyl adjacent to an activating group) is 1. The molecule has 3 heterocycles. The van der Waals surface area contributed by atoms with Gasteiger partial charge in [-0.2, -0.15) is 4.58 Å². The van der Waals surface area contributed by atoms with E-state index in [0.717, 1.165) is 48.7 Å². The van der Waals surface area contributed by atoms with Gasteiger partial charge in [0.25, 0.3) is 0 Å². The van der Waals surface area contributed by atoms with Crippen LogP contribution in [0.3, 0.4) is 0 Å². The zero-order chi connectivity index (χ0) is 31.8. The Morgan fingerprint density at radius 3 is 2.13 bits per heavy atom. The van der Waals surface area contributed by atoms with Gasteiger partial charge in [-0.25, -0.2) is 0 Å². The Morgan fingerprint density at radius 2 is 1.39 bits per heavy atom. The Bertz CT molecular complexity index is 1980. The number of hydrogen-bond acceptors (Lipinski definition) is 3. The van der Waals surface area contributed by atoms with E-state index >= 15 is 0 Å². The topological polar surface area (TPSA) is 24.7 Å². The van der Waals surface area contributed by atoms with Crippen LogP contribution >= 0.6 is 0 Å². The van der Waals surface area contributed by atoms with Crippen LogP contribution in [0.5, 0.6) is 11.5 Å². The van der Waals surface area contributed by atoms with Crippen LogP contribution < -0.4 is 14.4 Å². The number of para-hydroxylation sites is 4. The fourth-order valence-corrected chi connectivity index (χ4v) is 8.50. The Morgan fingerprint density at radius 1 is 0.739 bits per heavy atom. The average Bonchev–Trinajstić information content (AvgIpc) is 3.26. The molecule has 0 saturated heterocycles. The number of anilines is 1. The first-order valence-electron chi connectivity index (χ1n) is 16.7. The third kappa shape index (κ3) is 4.30. The van der Waals surface area contributed by atoms with Gasteiger partial charge < -0.3 is 14.4 Å². The van der Waals surface area contributed by atoms with Crippen molar-refractivity contribution in [3.05, 3.63) is 142 Å². The number of fused-ring (bicyclic) bond motifs is 3. The van der Waals surface area contributed by atoms with Crippen LogP contribution in [-0.2, 0) is 10.8 Å². The molecule has 0 N–H and O–H groups in total. The van der Waals surface area contributed by atoms with Crippen LogP contribution in [0.25, 0.3) is 0 Å². The molecular weight excluding hydrogens is 564 g/mol. The van der Waals surface area contributed by atoms with Gasteiger partial charge in [0.05, 0.1) is 5.41 Å². The van der Waals surface area contributed by atoms with E-state index in [4.69, 9.17) is 9.47 Å². The van der Waals surface area contributed by atoms with Crippen LogP contribution in [0, 0.1) is 5.92 Å². The van der Waals surface area contributed by atoms with Gasteiger partial charge in [0, 0.05) is 47.1 Å². The maximum Gasteiger partial charge on any atom is 0.209 e. The number of hydrogen-bond donors (Lipinski definition) is 0. The van der Waals surface area contributed by atoms with Crippen LogP contribution in [0.1, 0.15) is 64.5 Å². The van der Waals surface area contributed by atoms with Crippen LogP contribution in [0.15, 0.2) is 131 Å². The summed E-state index contributed by atoms with van der Waals surface area (Å²) in [4.78, 5) is 2.34. The molecule has 232 valence electrons. The van der Waals surface area contributed by atoms with E-state index in [2.05, 4.69) is 124 Å². The lowest BCUT2D eigenvalue weighted by Gasteiger charge is -2.33.